The van der Waals surface area contributed by atoms with Crippen molar-refractivity contribution in [3.8, 4) is 11.5 Å². The quantitative estimate of drug-likeness (QED) is 0.0698. The molecule has 16 nitrogen and oxygen atoms in total. The number of nitrogens with zero attached hydrogens (tertiary/aromatic N) is 3. The van der Waals surface area contributed by atoms with Crippen LogP contribution < -0.4 is 50.8 Å². The van der Waals surface area contributed by atoms with Crippen LogP contribution in [0.1, 0.15) is 31.4 Å². The molecule has 6 aromatic carbocycles. The first-order valence-corrected chi connectivity index (χ1v) is 24.6. The molecule has 0 aromatic heterocycles. The molecule has 2 aliphatic rings. The zero-order valence-corrected chi connectivity index (χ0v) is 43.1. The van der Waals surface area contributed by atoms with Crippen LogP contribution in [-0.2, 0) is 41.9 Å². The molecule has 368 valence electrons. The fourth-order valence-corrected chi connectivity index (χ4v) is 9.84. The van der Waals surface area contributed by atoms with Crippen LogP contribution in [0.2, 0.25) is 0 Å². The predicted molar refractivity (Wildman–Crippen MR) is 282 cm³/mol. The van der Waals surface area contributed by atoms with E-state index in [2.05, 4.69) is 58.4 Å². The lowest BCUT2D eigenvalue weighted by molar-refractivity contribution is -0.132. The predicted octanol–water partition coefficient (Wildman–Crippen LogP) is 6.59. The number of carbonyl (C=O) groups is 6. The van der Waals surface area contributed by atoms with Crippen LogP contribution in [0.4, 0.5) is 22.7 Å². The fourth-order valence-electron chi connectivity index (χ4n) is 9.09. The summed E-state index contributed by atoms with van der Waals surface area (Å²) in [5, 5.41) is 18.2. The Kier molecular flexibility index (Phi) is 15.4. The van der Waals surface area contributed by atoms with Crippen LogP contribution in [0.15, 0.2) is 118 Å². The van der Waals surface area contributed by atoms with Gasteiger partial charge in [-0.25, -0.2) is 0 Å². The second-order valence-corrected chi connectivity index (χ2v) is 19.2. The van der Waals surface area contributed by atoms with E-state index in [9.17, 15) is 9.59 Å². The molecular weight excluding hydrogens is 1040 g/mol. The Morgan fingerprint density at radius 1 is 0.662 bits per heavy atom. The number of carbonyl (C=O) groups excluding carboxylic acids is 6. The second-order valence-electron chi connectivity index (χ2n) is 17.4. The molecule has 0 aliphatic carbocycles. The number of para-hydroxylation sites is 4. The number of benzene rings is 6. The standard InChI is InChI=1S/C53H54Br2N8O8/c1-29(56-3)50(66)59-40-28-61(42-13-9-10-14-43(42)63(52(40)68)27-38-36-20-18-34(55)24-32(36)16-22-46(38)71-6)47(65)25-44(64)48-49(60-51(67)30(2)57-4)53(69)62(41-12-8-7-11-39(41)58-48)26-37-35-19-17-33(54)23-31(35)15-21-45(37)70-5/h7-24,29-30,40,48-49,56-58H,25-28H2,1-6H3,(H,59,66)(H,60,67)/t29-,30-,40-,48?,49-/m0/s1. The summed E-state index contributed by atoms with van der Waals surface area (Å²) in [4.78, 5) is 92.3. The summed E-state index contributed by atoms with van der Waals surface area (Å²) in [6, 6.07) is 27.2. The summed E-state index contributed by atoms with van der Waals surface area (Å²) in [5.74, 6) is -2.53. The summed E-state index contributed by atoms with van der Waals surface area (Å²) < 4.78 is 13.4. The molecule has 5 amide bonds. The number of methoxy groups -OCH3 is 2. The van der Waals surface area contributed by atoms with E-state index in [1.54, 1.807) is 90.7 Å². The van der Waals surface area contributed by atoms with Crippen LogP contribution in [0, 0.1) is 0 Å². The summed E-state index contributed by atoms with van der Waals surface area (Å²) in [6.45, 7) is 2.92. The van der Waals surface area contributed by atoms with Crippen LogP contribution in [0.5, 0.6) is 11.5 Å². The molecule has 2 heterocycles. The van der Waals surface area contributed by atoms with Crippen molar-refractivity contribution in [3.05, 3.63) is 129 Å². The van der Waals surface area contributed by atoms with E-state index in [1.807, 2.05) is 60.7 Å². The van der Waals surface area contributed by atoms with Gasteiger partial charge in [-0.2, -0.15) is 0 Å². The van der Waals surface area contributed by atoms with Crippen LogP contribution in [-0.4, -0.2) is 100 Å². The topological polar surface area (TPSA) is 191 Å². The van der Waals surface area contributed by atoms with Crippen molar-refractivity contribution < 1.29 is 38.2 Å². The van der Waals surface area contributed by atoms with Gasteiger partial charge in [0.15, 0.2) is 5.78 Å². The second kappa shape index (κ2) is 21.6. The van der Waals surface area contributed by atoms with E-state index in [4.69, 9.17) is 9.47 Å². The third kappa shape index (κ3) is 10.3. The van der Waals surface area contributed by atoms with Crippen LogP contribution in [0.3, 0.4) is 0 Å². The van der Waals surface area contributed by atoms with Crippen molar-refractivity contribution in [1.29, 1.82) is 0 Å². The number of fused-ring (bicyclic) bond motifs is 4. The van der Waals surface area contributed by atoms with Gasteiger partial charge in [0.1, 0.15) is 29.6 Å². The molecule has 5 atom stereocenters. The van der Waals surface area contributed by atoms with Gasteiger partial charge >= 0.3 is 0 Å². The molecule has 6 aromatic rings. The zero-order valence-electron chi connectivity index (χ0n) is 40.0. The van der Waals surface area contributed by atoms with Crippen molar-refractivity contribution in [2.45, 2.75) is 63.6 Å². The molecule has 71 heavy (non-hydrogen) atoms. The van der Waals surface area contributed by atoms with Gasteiger partial charge < -0.3 is 50.8 Å². The summed E-state index contributed by atoms with van der Waals surface area (Å²) in [7, 11) is 6.32. The highest BCUT2D eigenvalue weighted by molar-refractivity contribution is 9.10. The maximum Gasteiger partial charge on any atom is 0.252 e. The molecule has 0 saturated carbocycles. The SMILES string of the molecule is CN[C@@H](C)C(=O)N[C@H]1CN(C(=O)CC(=O)C2Nc3ccccc3N(Cc3c(OC)ccc4cc(Br)ccc34)C(=O)[C@H]2NC(=O)[C@H](C)NC)c2ccccc2N(Cc2c(OC)ccc3cc(Br)ccc23)C1=O. The first-order valence-electron chi connectivity index (χ1n) is 23.0. The molecule has 5 N–H and O–H groups in total. The average molecular weight is 1090 g/mol. The molecule has 0 radical (unpaired) electrons. The van der Waals surface area contributed by atoms with Crippen LogP contribution in [0.25, 0.3) is 21.5 Å². The first-order chi connectivity index (χ1) is 34.1. The number of Topliss-reactive ketones (excluding diaryl/α,β-unsaturated/α-hetero) is 1. The van der Waals surface area contributed by atoms with Gasteiger partial charge in [0.05, 0.1) is 75.1 Å². The average Bonchev–Trinajstić information content (AvgIpc) is 3.56. The number of hydrogen-bond acceptors (Lipinski definition) is 11. The largest absolute Gasteiger partial charge is 0.496 e. The highest BCUT2D eigenvalue weighted by Crippen LogP contribution is 2.40. The van der Waals surface area contributed by atoms with E-state index in [0.717, 1.165) is 30.5 Å². The fraction of sp³-hybridized carbons (Fsp3) is 0.283. The molecule has 2 aliphatic heterocycles. The van der Waals surface area contributed by atoms with Gasteiger partial charge in [-0.05, 0) is 110 Å². The third-order valence-electron chi connectivity index (χ3n) is 13.2. The van der Waals surface area contributed by atoms with Crippen molar-refractivity contribution in [2.24, 2.45) is 0 Å². The van der Waals surface area contributed by atoms with Gasteiger partial charge in [0.2, 0.25) is 17.7 Å². The lowest BCUT2D eigenvalue weighted by Crippen LogP contribution is -2.60. The minimum Gasteiger partial charge on any atom is -0.496 e. The number of ether oxygens (including phenoxy) is 2. The van der Waals surface area contributed by atoms with Gasteiger partial charge in [0, 0.05) is 20.1 Å². The number of likely N-dealkylation sites (N-methyl/N-ethyl adjacent to an activating group) is 2. The normalized spacial score (nSPS) is 17.6. The molecule has 8 rings (SSSR count). The van der Waals surface area contributed by atoms with E-state index in [1.165, 1.54) is 14.7 Å². The number of anilines is 4. The monoisotopic (exact) mass is 1090 g/mol. The molecule has 0 fully saturated rings. The Morgan fingerprint density at radius 2 is 1.17 bits per heavy atom. The van der Waals surface area contributed by atoms with E-state index < -0.39 is 71.9 Å². The van der Waals surface area contributed by atoms with E-state index in [0.29, 0.717) is 45.4 Å². The third-order valence-corrected chi connectivity index (χ3v) is 14.2. The highest BCUT2D eigenvalue weighted by atomic mass is 79.9. The molecular formula is C53H54Br2N8O8. The molecule has 0 saturated heterocycles. The Morgan fingerprint density at radius 3 is 1.72 bits per heavy atom. The number of hydrogen-bond donors (Lipinski definition) is 5. The van der Waals surface area contributed by atoms with Gasteiger partial charge in [0.25, 0.3) is 11.8 Å². The Labute approximate surface area is 428 Å². The van der Waals surface area contributed by atoms with E-state index in [-0.39, 0.29) is 19.6 Å². The Hall–Kier alpha value is -6.86. The minimum absolute atomic E-state index is 0.00840. The van der Waals surface area contributed by atoms with Crippen molar-refractivity contribution in [3.63, 3.8) is 0 Å². The van der Waals surface area contributed by atoms with Crippen molar-refractivity contribution in [2.75, 3.05) is 54.9 Å². The van der Waals surface area contributed by atoms with Gasteiger partial charge in [-0.15, -0.1) is 0 Å². The highest BCUT2D eigenvalue weighted by Gasteiger charge is 2.44. The zero-order chi connectivity index (χ0) is 50.7. The lowest BCUT2D eigenvalue weighted by atomic mass is 9.98. The molecule has 1 unspecified atom stereocenters. The lowest BCUT2D eigenvalue weighted by Gasteiger charge is -2.30. The van der Waals surface area contributed by atoms with Crippen molar-refractivity contribution in [1.82, 2.24) is 21.3 Å². The Balaban J connectivity index is 1.18. The summed E-state index contributed by atoms with van der Waals surface area (Å²) >= 11 is 7.11. The summed E-state index contributed by atoms with van der Waals surface area (Å²) in [5.41, 5.74) is 2.88. The van der Waals surface area contributed by atoms with Gasteiger partial charge in [-0.1, -0.05) is 80.4 Å². The Bertz CT molecular complexity index is 3080. The number of nitrogens with one attached hydrogen (secondary N) is 5. The molecule has 18 heteroatoms. The number of rotatable bonds is 15. The van der Waals surface area contributed by atoms with Crippen LogP contribution >= 0.6 is 31.9 Å². The first kappa shape index (κ1) is 50.5. The summed E-state index contributed by atoms with van der Waals surface area (Å²) in [6.07, 6.45) is -0.769. The smallest absolute Gasteiger partial charge is 0.252 e. The number of amides is 5. The minimum atomic E-state index is -1.51. The maximum absolute atomic E-state index is 15.3. The molecule has 0 bridgehead atoms. The van der Waals surface area contributed by atoms with Crippen molar-refractivity contribution >= 4 is 111 Å². The number of ketones is 1. The molecule has 0 spiro atoms. The van der Waals surface area contributed by atoms with E-state index >= 15 is 19.2 Å². The number of halogens is 2. The van der Waals surface area contributed by atoms with Gasteiger partial charge in [-0.3, -0.25) is 28.8 Å². The maximum atomic E-state index is 15.3.